The van der Waals surface area contributed by atoms with Crippen molar-refractivity contribution >= 4 is 17.3 Å². The molecular weight excluding hydrogens is 242 g/mol. The van der Waals surface area contributed by atoms with Crippen molar-refractivity contribution in [2.24, 2.45) is 0 Å². The number of benzene rings is 1. The molecule has 2 rings (SSSR count). The van der Waals surface area contributed by atoms with Crippen LogP contribution in [-0.4, -0.2) is 10.5 Å². The summed E-state index contributed by atoms with van der Waals surface area (Å²) >= 11 is 0. The van der Waals surface area contributed by atoms with Crippen LogP contribution in [0.15, 0.2) is 47.5 Å². The number of hydrogen-bond acceptors (Lipinski definition) is 3. The van der Waals surface area contributed by atoms with Crippen molar-refractivity contribution in [3.8, 4) is 0 Å². The molecule has 0 saturated carbocycles. The van der Waals surface area contributed by atoms with Crippen molar-refractivity contribution in [1.29, 1.82) is 0 Å². The first kappa shape index (κ1) is 12.9. The van der Waals surface area contributed by atoms with Gasteiger partial charge >= 0.3 is 0 Å². The summed E-state index contributed by atoms with van der Waals surface area (Å²) in [5.74, 6) is -0.156. The Bertz CT molecular complexity index is 641. The molecule has 5 heteroatoms. The lowest BCUT2D eigenvalue weighted by molar-refractivity contribution is -0.116. The lowest BCUT2D eigenvalue weighted by atomic mass is 10.2. The number of pyridine rings is 1. The fourth-order valence-electron chi connectivity index (χ4n) is 1.73. The minimum atomic E-state index is -0.156. The third-order valence-corrected chi connectivity index (χ3v) is 2.71. The molecule has 3 N–H and O–H groups in total. The largest absolute Gasteiger partial charge is 0.399 e. The molecule has 98 valence electrons. The van der Waals surface area contributed by atoms with Crippen LogP contribution in [0.3, 0.4) is 0 Å². The number of rotatable bonds is 3. The maximum Gasteiger partial charge on any atom is 0.244 e. The molecule has 0 aliphatic carbocycles. The molecule has 1 amide bonds. The molecule has 0 aliphatic rings. The maximum atomic E-state index is 11.9. The zero-order chi connectivity index (χ0) is 13.8. The van der Waals surface area contributed by atoms with Crippen molar-refractivity contribution in [2.45, 2.75) is 13.5 Å². The van der Waals surface area contributed by atoms with Gasteiger partial charge in [0.2, 0.25) is 5.91 Å². The lowest BCUT2D eigenvalue weighted by Crippen LogP contribution is -2.19. The Morgan fingerprint density at radius 3 is 2.58 bits per heavy atom. The Labute approximate surface area is 110 Å². The third-order valence-electron chi connectivity index (χ3n) is 2.71. The van der Waals surface area contributed by atoms with Crippen LogP contribution >= 0.6 is 0 Å². The summed E-state index contributed by atoms with van der Waals surface area (Å²) in [6.45, 7) is 2.04. The quantitative estimate of drug-likeness (QED) is 0.815. The summed E-state index contributed by atoms with van der Waals surface area (Å²) in [6.07, 6.45) is 3.16. The first-order valence-corrected chi connectivity index (χ1v) is 5.87. The summed E-state index contributed by atoms with van der Waals surface area (Å²) in [5, 5.41) is 2.81. The predicted octanol–water partition coefficient (Wildman–Crippen LogP) is 1.38. The average molecular weight is 257 g/mol. The van der Waals surface area contributed by atoms with E-state index in [1.807, 2.05) is 6.92 Å². The first-order chi connectivity index (χ1) is 9.04. The number of anilines is 2. The Morgan fingerprint density at radius 2 is 1.95 bits per heavy atom. The summed E-state index contributed by atoms with van der Waals surface area (Å²) in [7, 11) is 0. The van der Waals surface area contributed by atoms with Crippen LogP contribution in [0.5, 0.6) is 0 Å². The van der Waals surface area contributed by atoms with Crippen molar-refractivity contribution in [1.82, 2.24) is 4.57 Å². The van der Waals surface area contributed by atoms with E-state index in [4.69, 9.17) is 5.73 Å². The van der Waals surface area contributed by atoms with E-state index in [1.165, 1.54) is 12.1 Å². The summed E-state index contributed by atoms with van der Waals surface area (Å²) in [5.41, 5.74) is 7.88. The molecule has 1 heterocycles. The fraction of sp³-hybridized carbons (Fsp3) is 0.143. The first-order valence-electron chi connectivity index (χ1n) is 5.87. The molecule has 0 radical (unpaired) electrons. The van der Waals surface area contributed by atoms with Crippen molar-refractivity contribution in [3.63, 3.8) is 0 Å². The second-order valence-corrected chi connectivity index (χ2v) is 4.33. The van der Waals surface area contributed by atoms with Crippen LogP contribution in [-0.2, 0) is 11.3 Å². The van der Waals surface area contributed by atoms with Gasteiger partial charge in [-0.15, -0.1) is 0 Å². The van der Waals surface area contributed by atoms with Gasteiger partial charge < -0.3 is 15.6 Å². The number of amides is 1. The van der Waals surface area contributed by atoms with Gasteiger partial charge in [0, 0.05) is 35.9 Å². The third kappa shape index (κ3) is 3.45. The molecule has 1 aromatic carbocycles. The Kier molecular flexibility index (Phi) is 3.66. The van der Waals surface area contributed by atoms with Crippen LogP contribution in [0, 0.1) is 6.92 Å². The van der Waals surface area contributed by atoms with Crippen LogP contribution < -0.4 is 16.5 Å². The average Bonchev–Trinajstić information content (AvgIpc) is 2.36. The molecule has 0 saturated heterocycles. The van der Waals surface area contributed by atoms with Crippen LogP contribution in [0.25, 0.3) is 0 Å². The number of carbonyl (C=O) groups is 1. The Hall–Kier alpha value is -2.56. The van der Waals surface area contributed by atoms with Gasteiger partial charge in [-0.2, -0.15) is 0 Å². The Balaban J connectivity index is 2.05. The number of hydrogen-bond donors (Lipinski definition) is 2. The number of nitrogens with two attached hydrogens (primary N) is 1. The monoisotopic (exact) mass is 257 g/mol. The molecule has 0 unspecified atom stereocenters. The highest BCUT2D eigenvalue weighted by atomic mass is 16.2. The van der Waals surface area contributed by atoms with E-state index in [2.05, 4.69) is 5.32 Å². The predicted molar refractivity (Wildman–Crippen MR) is 74.9 cm³/mol. The van der Waals surface area contributed by atoms with Gasteiger partial charge in [0.05, 0.1) is 0 Å². The number of aryl methyl sites for hydroxylation is 1. The lowest BCUT2D eigenvalue weighted by Gasteiger charge is -2.10. The molecule has 1 aromatic heterocycles. The van der Waals surface area contributed by atoms with Gasteiger partial charge in [0.25, 0.3) is 0 Å². The molecule has 2 aromatic rings. The van der Waals surface area contributed by atoms with Crippen LogP contribution in [0.2, 0.25) is 0 Å². The molecule has 19 heavy (non-hydrogen) atoms. The zero-order valence-electron chi connectivity index (χ0n) is 10.6. The second kappa shape index (κ2) is 5.39. The number of aromatic nitrogens is 1. The van der Waals surface area contributed by atoms with E-state index in [1.54, 1.807) is 35.2 Å². The van der Waals surface area contributed by atoms with Gasteiger partial charge in [-0.25, -0.2) is 0 Å². The van der Waals surface area contributed by atoms with E-state index < -0.39 is 0 Å². The van der Waals surface area contributed by atoms with Gasteiger partial charge in [-0.05, 0) is 30.7 Å². The molecule has 0 fully saturated rings. The van der Waals surface area contributed by atoms with Gasteiger partial charge in [0.15, 0.2) is 5.43 Å². The maximum absolute atomic E-state index is 11.9. The summed E-state index contributed by atoms with van der Waals surface area (Å²) < 4.78 is 1.64. The molecular formula is C14H15N3O2. The number of nitrogens with zero attached hydrogens (tertiary/aromatic N) is 1. The van der Waals surface area contributed by atoms with Gasteiger partial charge in [0.1, 0.15) is 6.54 Å². The molecule has 0 bridgehead atoms. The van der Waals surface area contributed by atoms with Crippen molar-refractivity contribution in [3.05, 3.63) is 58.5 Å². The molecule has 0 atom stereocenters. The molecule has 0 aliphatic heterocycles. The highest BCUT2D eigenvalue weighted by Crippen LogP contribution is 2.17. The van der Waals surface area contributed by atoms with Crippen LogP contribution in [0.4, 0.5) is 11.4 Å². The normalized spacial score (nSPS) is 10.2. The minimum Gasteiger partial charge on any atom is -0.399 e. The number of carbonyl (C=O) groups excluding carboxylic acids is 1. The molecule has 5 nitrogen and oxygen atoms in total. The second-order valence-electron chi connectivity index (χ2n) is 4.33. The topological polar surface area (TPSA) is 77.1 Å². The van der Waals surface area contributed by atoms with Crippen LogP contribution in [0.1, 0.15) is 5.56 Å². The highest BCUT2D eigenvalue weighted by Gasteiger charge is 2.05. The SMILES string of the molecule is Cc1cc(N)ccc1NC(=O)Cn1ccc(=O)cc1. The zero-order valence-corrected chi connectivity index (χ0v) is 10.6. The van der Waals surface area contributed by atoms with E-state index in [0.29, 0.717) is 5.69 Å². The van der Waals surface area contributed by atoms with Gasteiger partial charge in [-0.3, -0.25) is 9.59 Å². The summed E-state index contributed by atoms with van der Waals surface area (Å²) in [6, 6.07) is 8.15. The minimum absolute atomic E-state index is 0.0777. The van der Waals surface area contributed by atoms with E-state index in [0.717, 1.165) is 11.3 Å². The van der Waals surface area contributed by atoms with E-state index in [-0.39, 0.29) is 17.9 Å². The van der Waals surface area contributed by atoms with Crippen molar-refractivity contribution in [2.75, 3.05) is 11.1 Å². The van der Waals surface area contributed by atoms with E-state index in [9.17, 15) is 9.59 Å². The standard InChI is InChI=1S/C14H15N3O2/c1-10-8-11(15)2-3-13(10)16-14(19)9-17-6-4-12(18)5-7-17/h2-8H,9,15H2,1H3,(H,16,19). The van der Waals surface area contributed by atoms with E-state index >= 15 is 0 Å². The summed E-state index contributed by atoms with van der Waals surface area (Å²) in [4.78, 5) is 22.8. The highest BCUT2D eigenvalue weighted by molar-refractivity contribution is 5.91. The fourth-order valence-corrected chi connectivity index (χ4v) is 1.73. The number of nitrogen functional groups attached to an aromatic ring is 1. The molecule has 0 spiro atoms. The van der Waals surface area contributed by atoms with Crippen molar-refractivity contribution < 1.29 is 4.79 Å². The van der Waals surface area contributed by atoms with Gasteiger partial charge in [-0.1, -0.05) is 0 Å². The smallest absolute Gasteiger partial charge is 0.244 e. The number of nitrogens with one attached hydrogen (secondary N) is 1. The Morgan fingerprint density at radius 1 is 1.26 bits per heavy atom.